The predicted molar refractivity (Wildman–Crippen MR) is 68.0 cm³/mol. The van der Waals surface area contributed by atoms with Gasteiger partial charge in [-0.3, -0.25) is 9.78 Å². The number of hydrogen-bond donors (Lipinski definition) is 0. The third-order valence-electron chi connectivity index (χ3n) is 3.66. The third-order valence-corrected chi connectivity index (χ3v) is 3.66. The first-order valence-electron chi connectivity index (χ1n) is 6.23. The molecule has 1 aromatic carbocycles. The van der Waals surface area contributed by atoms with Crippen LogP contribution in [0.1, 0.15) is 36.0 Å². The van der Waals surface area contributed by atoms with Crippen LogP contribution in [0.15, 0.2) is 36.7 Å². The maximum atomic E-state index is 12.4. The maximum absolute atomic E-state index is 12.4. The average molecular weight is 225 g/mol. The molecule has 1 aliphatic rings. The molecule has 0 bridgehead atoms. The molecule has 0 saturated heterocycles. The van der Waals surface area contributed by atoms with Gasteiger partial charge in [-0.25, -0.2) is 0 Å². The quantitative estimate of drug-likeness (QED) is 0.731. The molecule has 1 saturated carbocycles. The van der Waals surface area contributed by atoms with Crippen LogP contribution in [-0.4, -0.2) is 10.8 Å². The van der Waals surface area contributed by atoms with Gasteiger partial charge in [0, 0.05) is 29.3 Å². The van der Waals surface area contributed by atoms with E-state index in [1.807, 2.05) is 30.5 Å². The molecule has 0 unspecified atom stereocenters. The maximum Gasteiger partial charge on any atom is 0.168 e. The summed E-state index contributed by atoms with van der Waals surface area (Å²) in [5.74, 6) is 0.509. The van der Waals surface area contributed by atoms with Gasteiger partial charge in [0.1, 0.15) is 0 Å². The number of carbonyl (C=O) groups is 1. The zero-order valence-corrected chi connectivity index (χ0v) is 9.73. The van der Waals surface area contributed by atoms with Crippen molar-refractivity contribution in [3.8, 4) is 0 Å². The zero-order chi connectivity index (χ0) is 11.7. The fraction of sp³-hybridized carbons (Fsp3) is 0.333. The number of pyridine rings is 1. The molecule has 0 N–H and O–H groups in total. The van der Waals surface area contributed by atoms with Crippen LogP contribution < -0.4 is 0 Å². The Bertz CT molecular complexity index is 550. The number of Topliss-reactive ketones (excluding diaryl/α,β-unsaturated/α-hetero) is 1. The number of hydrogen-bond acceptors (Lipinski definition) is 2. The van der Waals surface area contributed by atoms with Crippen molar-refractivity contribution in [3.05, 3.63) is 42.2 Å². The summed E-state index contributed by atoms with van der Waals surface area (Å²) >= 11 is 0. The highest BCUT2D eigenvalue weighted by molar-refractivity contribution is 6.08. The van der Waals surface area contributed by atoms with Crippen LogP contribution in [-0.2, 0) is 0 Å². The van der Waals surface area contributed by atoms with Crippen molar-refractivity contribution in [1.82, 2.24) is 4.98 Å². The summed E-state index contributed by atoms with van der Waals surface area (Å²) in [5.41, 5.74) is 0.801. The summed E-state index contributed by atoms with van der Waals surface area (Å²) in [6.07, 6.45) is 8.01. The number of nitrogens with zero attached hydrogens (tertiary/aromatic N) is 1. The van der Waals surface area contributed by atoms with Gasteiger partial charge >= 0.3 is 0 Å². The van der Waals surface area contributed by atoms with Crippen LogP contribution in [0.2, 0.25) is 0 Å². The van der Waals surface area contributed by atoms with Crippen molar-refractivity contribution in [2.24, 2.45) is 5.92 Å². The average Bonchev–Trinajstić information content (AvgIpc) is 2.91. The molecule has 0 atom stereocenters. The second-order valence-electron chi connectivity index (χ2n) is 4.75. The topological polar surface area (TPSA) is 30.0 Å². The summed E-state index contributed by atoms with van der Waals surface area (Å²) in [4.78, 5) is 16.6. The first-order chi connectivity index (χ1) is 8.36. The van der Waals surface area contributed by atoms with Crippen LogP contribution in [0.3, 0.4) is 0 Å². The van der Waals surface area contributed by atoms with E-state index in [1.54, 1.807) is 6.20 Å². The molecule has 2 aromatic rings. The van der Waals surface area contributed by atoms with Crippen LogP contribution in [0.25, 0.3) is 10.8 Å². The highest BCUT2D eigenvalue weighted by Crippen LogP contribution is 2.30. The molecule has 1 aliphatic carbocycles. The van der Waals surface area contributed by atoms with Crippen LogP contribution in [0.4, 0.5) is 0 Å². The van der Waals surface area contributed by atoms with Gasteiger partial charge in [0.25, 0.3) is 0 Å². The molecular weight excluding hydrogens is 210 g/mol. The zero-order valence-electron chi connectivity index (χ0n) is 9.73. The Hall–Kier alpha value is -1.70. The van der Waals surface area contributed by atoms with E-state index in [0.717, 1.165) is 29.2 Å². The van der Waals surface area contributed by atoms with Crippen molar-refractivity contribution in [3.63, 3.8) is 0 Å². The van der Waals surface area contributed by atoms with Gasteiger partial charge in [0.2, 0.25) is 0 Å². The first kappa shape index (κ1) is 10.5. The van der Waals surface area contributed by atoms with E-state index in [-0.39, 0.29) is 11.7 Å². The van der Waals surface area contributed by atoms with E-state index < -0.39 is 0 Å². The Morgan fingerprint density at radius 3 is 2.71 bits per heavy atom. The lowest BCUT2D eigenvalue weighted by Crippen LogP contribution is -2.11. The summed E-state index contributed by atoms with van der Waals surface area (Å²) in [5, 5.41) is 2.09. The molecule has 2 heteroatoms. The molecule has 0 aliphatic heterocycles. The lowest BCUT2D eigenvalue weighted by atomic mass is 9.94. The standard InChI is InChI=1S/C15H15NO/c17-15(11-5-1-2-6-11)14-10-16-9-12-7-3-4-8-13(12)14/h3-4,7-11H,1-2,5-6H2. The number of benzene rings is 1. The number of ketones is 1. The van der Waals surface area contributed by atoms with Crippen molar-refractivity contribution in [2.75, 3.05) is 0 Å². The Balaban J connectivity index is 2.07. The second kappa shape index (κ2) is 4.28. The molecule has 0 amide bonds. The van der Waals surface area contributed by atoms with E-state index in [9.17, 15) is 4.79 Å². The SMILES string of the molecule is O=C(c1cncc2ccccc12)C1CCCC1. The Morgan fingerprint density at radius 1 is 1.12 bits per heavy atom. The minimum atomic E-state index is 0.225. The predicted octanol–water partition coefficient (Wildman–Crippen LogP) is 3.61. The molecule has 0 radical (unpaired) electrons. The molecule has 3 rings (SSSR count). The highest BCUT2D eigenvalue weighted by atomic mass is 16.1. The summed E-state index contributed by atoms with van der Waals surface area (Å²) in [7, 11) is 0. The van der Waals surface area contributed by atoms with Crippen molar-refractivity contribution in [2.45, 2.75) is 25.7 Å². The van der Waals surface area contributed by atoms with E-state index in [2.05, 4.69) is 4.98 Å². The lowest BCUT2D eigenvalue weighted by molar-refractivity contribution is 0.0924. The van der Waals surface area contributed by atoms with Crippen LogP contribution >= 0.6 is 0 Å². The molecule has 86 valence electrons. The Labute approximate surface area is 101 Å². The van der Waals surface area contributed by atoms with Crippen LogP contribution in [0, 0.1) is 5.92 Å². The Kier molecular flexibility index (Phi) is 2.63. The van der Waals surface area contributed by atoms with Gasteiger partial charge < -0.3 is 0 Å². The number of carbonyl (C=O) groups excluding carboxylic acids is 1. The molecule has 1 fully saturated rings. The van der Waals surface area contributed by atoms with Crippen LogP contribution in [0.5, 0.6) is 0 Å². The third kappa shape index (κ3) is 1.84. The smallest absolute Gasteiger partial charge is 0.168 e. The molecule has 1 aromatic heterocycles. The minimum Gasteiger partial charge on any atom is -0.294 e. The minimum absolute atomic E-state index is 0.225. The van der Waals surface area contributed by atoms with E-state index in [4.69, 9.17) is 0 Å². The van der Waals surface area contributed by atoms with Gasteiger partial charge in [-0.1, -0.05) is 37.1 Å². The molecule has 1 heterocycles. The van der Waals surface area contributed by atoms with Gasteiger partial charge in [0.05, 0.1) is 0 Å². The summed E-state index contributed by atoms with van der Waals surface area (Å²) in [6, 6.07) is 7.98. The summed E-state index contributed by atoms with van der Waals surface area (Å²) < 4.78 is 0. The Morgan fingerprint density at radius 2 is 1.88 bits per heavy atom. The van der Waals surface area contributed by atoms with Gasteiger partial charge in [0.15, 0.2) is 5.78 Å². The fourth-order valence-corrected chi connectivity index (χ4v) is 2.72. The fourth-order valence-electron chi connectivity index (χ4n) is 2.72. The number of aromatic nitrogens is 1. The number of fused-ring (bicyclic) bond motifs is 1. The monoisotopic (exact) mass is 225 g/mol. The number of rotatable bonds is 2. The molecular formula is C15H15NO. The van der Waals surface area contributed by atoms with Gasteiger partial charge in [-0.05, 0) is 18.2 Å². The molecule has 17 heavy (non-hydrogen) atoms. The van der Waals surface area contributed by atoms with Crippen molar-refractivity contribution >= 4 is 16.6 Å². The van der Waals surface area contributed by atoms with E-state index in [1.165, 1.54) is 12.8 Å². The first-order valence-corrected chi connectivity index (χ1v) is 6.23. The molecule has 2 nitrogen and oxygen atoms in total. The summed E-state index contributed by atoms with van der Waals surface area (Å²) in [6.45, 7) is 0. The largest absolute Gasteiger partial charge is 0.294 e. The highest BCUT2D eigenvalue weighted by Gasteiger charge is 2.24. The second-order valence-corrected chi connectivity index (χ2v) is 4.75. The lowest BCUT2D eigenvalue weighted by Gasteiger charge is -2.09. The van der Waals surface area contributed by atoms with Gasteiger partial charge in [-0.15, -0.1) is 0 Å². The van der Waals surface area contributed by atoms with Crippen molar-refractivity contribution < 1.29 is 4.79 Å². The van der Waals surface area contributed by atoms with Gasteiger partial charge in [-0.2, -0.15) is 0 Å². The molecule has 0 spiro atoms. The van der Waals surface area contributed by atoms with E-state index >= 15 is 0 Å². The van der Waals surface area contributed by atoms with E-state index in [0.29, 0.717) is 0 Å². The normalized spacial score (nSPS) is 16.5. The van der Waals surface area contributed by atoms with Crippen molar-refractivity contribution in [1.29, 1.82) is 0 Å².